The normalized spacial score (nSPS) is 9.88. The largest absolute Gasteiger partial charge is 0.268 e. The van der Waals surface area contributed by atoms with Gasteiger partial charge in [0.25, 0.3) is 5.56 Å². The molecule has 0 amide bonds. The van der Waals surface area contributed by atoms with Crippen LogP contribution >= 0.6 is 0 Å². The third-order valence-electron chi connectivity index (χ3n) is 2.20. The fourth-order valence-corrected chi connectivity index (χ4v) is 1.49. The van der Waals surface area contributed by atoms with Crippen molar-refractivity contribution in [1.82, 2.24) is 9.78 Å². The molecule has 1 aromatic carbocycles. The Balaban J connectivity index is 2.37. The Bertz CT molecular complexity index is 643. The van der Waals surface area contributed by atoms with Gasteiger partial charge in [0.2, 0.25) is 0 Å². The third-order valence-corrected chi connectivity index (χ3v) is 2.20. The standard InChI is InChI=1S/C12H8FN3O/c13-11-5-9(7-14)4-10(6-11)8-16-12(17)2-1-3-15-16/h1-6H,8H2. The van der Waals surface area contributed by atoms with Gasteiger partial charge in [-0.1, -0.05) is 0 Å². The van der Waals surface area contributed by atoms with Gasteiger partial charge in [0.05, 0.1) is 18.2 Å². The third kappa shape index (κ3) is 2.55. The Morgan fingerprint density at radius 1 is 1.41 bits per heavy atom. The summed E-state index contributed by atoms with van der Waals surface area (Å²) in [5.74, 6) is -0.497. The van der Waals surface area contributed by atoms with Gasteiger partial charge < -0.3 is 0 Å². The van der Waals surface area contributed by atoms with Crippen LogP contribution < -0.4 is 5.56 Å². The summed E-state index contributed by atoms with van der Waals surface area (Å²) >= 11 is 0. The topological polar surface area (TPSA) is 58.7 Å². The van der Waals surface area contributed by atoms with Gasteiger partial charge in [-0.2, -0.15) is 10.4 Å². The molecule has 5 heteroatoms. The van der Waals surface area contributed by atoms with Crippen molar-refractivity contribution < 1.29 is 4.39 Å². The van der Waals surface area contributed by atoms with Crippen molar-refractivity contribution >= 4 is 0 Å². The molecule has 0 fully saturated rings. The van der Waals surface area contributed by atoms with E-state index in [1.54, 1.807) is 0 Å². The Hall–Kier alpha value is -2.48. The van der Waals surface area contributed by atoms with E-state index in [9.17, 15) is 9.18 Å². The first kappa shape index (κ1) is 11.0. The Morgan fingerprint density at radius 3 is 2.94 bits per heavy atom. The van der Waals surface area contributed by atoms with E-state index >= 15 is 0 Å². The first-order valence-electron chi connectivity index (χ1n) is 4.91. The van der Waals surface area contributed by atoms with E-state index in [-0.39, 0.29) is 17.7 Å². The maximum atomic E-state index is 13.2. The lowest BCUT2D eigenvalue weighted by Gasteiger charge is -2.04. The van der Waals surface area contributed by atoms with Gasteiger partial charge in [-0.3, -0.25) is 4.79 Å². The molecule has 0 atom stereocenters. The van der Waals surface area contributed by atoms with E-state index in [1.807, 2.05) is 6.07 Å². The van der Waals surface area contributed by atoms with Gasteiger partial charge >= 0.3 is 0 Å². The van der Waals surface area contributed by atoms with Gasteiger partial charge in [0.1, 0.15) is 5.82 Å². The fourth-order valence-electron chi connectivity index (χ4n) is 1.49. The highest BCUT2D eigenvalue weighted by Crippen LogP contribution is 2.08. The summed E-state index contributed by atoms with van der Waals surface area (Å²) in [6.07, 6.45) is 1.48. The molecule has 84 valence electrons. The van der Waals surface area contributed by atoms with Crippen LogP contribution in [0, 0.1) is 17.1 Å². The molecule has 1 heterocycles. The molecule has 0 unspecified atom stereocenters. The van der Waals surface area contributed by atoms with Crippen LogP contribution in [0.1, 0.15) is 11.1 Å². The Labute approximate surface area is 96.6 Å². The average molecular weight is 229 g/mol. The highest BCUT2D eigenvalue weighted by atomic mass is 19.1. The first-order chi connectivity index (χ1) is 8.19. The van der Waals surface area contributed by atoms with Crippen LogP contribution in [0.5, 0.6) is 0 Å². The van der Waals surface area contributed by atoms with Crippen molar-refractivity contribution in [2.24, 2.45) is 0 Å². The van der Waals surface area contributed by atoms with Crippen molar-refractivity contribution in [1.29, 1.82) is 5.26 Å². The number of nitrogens with zero attached hydrogens (tertiary/aromatic N) is 3. The summed E-state index contributed by atoms with van der Waals surface area (Å²) in [7, 11) is 0. The van der Waals surface area contributed by atoms with E-state index in [1.165, 1.54) is 35.1 Å². The zero-order chi connectivity index (χ0) is 12.3. The molecule has 0 bridgehead atoms. The molecule has 0 aliphatic rings. The summed E-state index contributed by atoms with van der Waals surface area (Å²) < 4.78 is 14.4. The van der Waals surface area contributed by atoms with Crippen molar-refractivity contribution in [3.8, 4) is 6.07 Å². The molecule has 4 nitrogen and oxygen atoms in total. The summed E-state index contributed by atoms with van der Waals surface area (Å²) in [6.45, 7) is 0.145. The number of benzene rings is 1. The maximum absolute atomic E-state index is 13.2. The number of nitriles is 1. The van der Waals surface area contributed by atoms with E-state index in [2.05, 4.69) is 5.10 Å². The number of aromatic nitrogens is 2. The predicted octanol–water partition coefficient (Wildman–Crippen LogP) is 1.30. The predicted molar refractivity (Wildman–Crippen MR) is 58.7 cm³/mol. The van der Waals surface area contributed by atoms with E-state index in [0.29, 0.717) is 5.56 Å². The molecule has 0 N–H and O–H groups in total. The number of rotatable bonds is 2. The number of halogens is 1. The molecular formula is C12H8FN3O. The lowest BCUT2D eigenvalue weighted by molar-refractivity contribution is 0.610. The summed E-state index contributed by atoms with van der Waals surface area (Å²) in [4.78, 5) is 11.4. The summed E-state index contributed by atoms with van der Waals surface area (Å²) in [6, 6.07) is 8.72. The van der Waals surface area contributed by atoms with Crippen molar-refractivity contribution in [3.05, 3.63) is 63.8 Å². The lowest BCUT2D eigenvalue weighted by Crippen LogP contribution is -2.21. The van der Waals surface area contributed by atoms with Crippen molar-refractivity contribution in [3.63, 3.8) is 0 Å². The summed E-state index contributed by atoms with van der Waals surface area (Å²) in [5, 5.41) is 12.6. The van der Waals surface area contributed by atoms with Crippen LogP contribution in [0.3, 0.4) is 0 Å². The second-order valence-corrected chi connectivity index (χ2v) is 3.48. The van der Waals surface area contributed by atoms with E-state index in [0.717, 1.165) is 6.07 Å². The van der Waals surface area contributed by atoms with Crippen LogP contribution in [0.15, 0.2) is 41.3 Å². The van der Waals surface area contributed by atoms with Gasteiger partial charge in [-0.25, -0.2) is 9.07 Å². The molecule has 0 radical (unpaired) electrons. The Morgan fingerprint density at radius 2 is 2.24 bits per heavy atom. The maximum Gasteiger partial charge on any atom is 0.267 e. The van der Waals surface area contributed by atoms with Gasteiger partial charge in [-0.05, 0) is 29.8 Å². The molecule has 0 aliphatic heterocycles. The Kier molecular flexibility index (Phi) is 2.97. The number of hydrogen-bond acceptors (Lipinski definition) is 3. The van der Waals surface area contributed by atoms with Crippen LogP contribution in [0.25, 0.3) is 0 Å². The lowest BCUT2D eigenvalue weighted by atomic mass is 10.1. The van der Waals surface area contributed by atoms with Gasteiger partial charge in [-0.15, -0.1) is 0 Å². The van der Waals surface area contributed by atoms with Crippen molar-refractivity contribution in [2.75, 3.05) is 0 Å². The minimum atomic E-state index is -0.497. The van der Waals surface area contributed by atoms with Crippen molar-refractivity contribution in [2.45, 2.75) is 6.54 Å². The van der Waals surface area contributed by atoms with Crippen LogP contribution in [0.4, 0.5) is 4.39 Å². The van der Waals surface area contributed by atoms with Gasteiger partial charge in [0, 0.05) is 12.3 Å². The highest BCUT2D eigenvalue weighted by molar-refractivity contribution is 5.33. The molecule has 0 saturated heterocycles. The van der Waals surface area contributed by atoms with Crippen LogP contribution in [-0.4, -0.2) is 9.78 Å². The number of hydrogen-bond donors (Lipinski definition) is 0. The second-order valence-electron chi connectivity index (χ2n) is 3.48. The molecule has 0 spiro atoms. The minimum Gasteiger partial charge on any atom is -0.268 e. The summed E-state index contributed by atoms with van der Waals surface area (Å²) in [5.41, 5.74) is 0.488. The molecule has 0 saturated carbocycles. The molecule has 1 aromatic heterocycles. The minimum absolute atomic E-state index is 0.145. The molecule has 2 rings (SSSR count). The average Bonchev–Trinajstić information content (AvgIpc) is 2.31. The van der Waals surface area contributed by atoms with Gasteiger partial charge in [0.15, 0.2) is 0 Å². The highest BCUT2D eigenvalue weighted by Gasteiger charge is 2.03. The fraction of sp³-hybridized carbons (Fsp3) is 0.0833. The zero-order valence-electron chi connectivity index (χ0n) is 8.80. The SMILES string of the molecule is N#Cc1cc(F)cc(Cn2ncccc2=O)c1. The second kappa shape index (κ2) is 4.58. The zero-order valence-corrected chi connectivity index (χ0v) is 8.80. The first-order valence-corrected chi connectivity index (χ1v) is 4.91. The van der Waals surface area contributed by atoms with E-state index in [4.69, 9.17) is 5.26 Å². The molecule has 17 heavy (non-hydrogen) atoms. The molecule has 2 aromatic rings. The van der Waals surface area contributed by atoms with E-state index < -0.39 is 5.82 Å². The molecule has 0 aliphatic carbocycles. The van der Waals surface area contributed by atoms with Crippen LogP contribution in [0.2, 0.25) is 0 Å². The molecular weight excluding hydrogens is 221 g/mol. The smallest absolute Gasteiger partial charge is 0.267 e. The monoisotopic (exact) mass is 229 g/mol. The quantitative estimate of drug-likeness (QED) is 0.779. The van der Waals surface area contributed by atoms with Crippen LogP contribution in [-0.2, 0) is 6.54 Å².